The van der Waals surface area contributed by atoms with Gasteiger partial charge in [-0.1, -0.05) is 11.6 Å². The molecule has 0 aromatic rings. The lowest BCUT2D eigenvalue weighted by molar-refractivity contribution is 0.160. The van der Waals surface area contributed by atoms with Crippen molar-refractivity contribution in [3.63, 3.8) is 0 Å². The molecule has 0 fully saturated rings. The maximum atomic E-state index is 9.70. The van der Waals surface area contributed by atoms with Crippen molar-refractivity contribution in [3.8, 4) is 0 Å². The first-order chi connectivity index (χ1) is 5.33. The quantitative estimate of drug-likeness (QED) is 0.465. The second kappa shape index (κ2) is 7.58. The molecule has 0 aromatic heterocycles. The summed E-state index contributed by atoms with van der Waals surface area (Å²) in [6, 6.07) is 0. The van der Waals surface area contributed by atoms with E-state index in [4.69, 9.17) is 29.7 Å². The van der Waals surface area contributed by atoms with E-state index in [0.29, 0.717) is 0 Å². The highest BCUT2D eigenvalue weighted by Crippen LogP contribution is 1.93. The van der Waals surface area contributed by atoms with Crippen molar-refractivity contribution in [2.45, 2.75) is 5.56 Å². The van der Waals surface area contributed by atoms with Crippen LogP contribution in [0.3, 0.4) is 0 Å². The van der Waals surface area contributed by atoms with Gasteiger partial charge in [0.05, 0.1) is 0 Å². The summed E-state index contributed by atoms with van der Waals surface area (Å²) in [6.45, 7) is -0.652. The third kappa shape index (κ3) is 22.5. The van der Waals surface area contributed by atoms with E-state index in [1.54, 1.807) is 0 Å². The maximum Gasteiger partial charge on any atom is 0.397 e. The summed E-state index contributed by atoms with van der Waals surface area (Å²) in [5.74, 6) is 0. The minimum Gasteiger partial charge on any atom is -0.375 e. The largest absolute Gasteiger partial charge is 0.397 e. The summed E-state index contributed by atoms with van der Waals surface area (Å²) in [5, 5.41) is 8.18. The number of alkyl halides is 1. The van der Waals surface area contributed by atoms with E-state index >= 15 is 0 Å². The van der Waals surface area contributed by atoms with Crippen LogP contribution in [0.1, 0.15) is 0 Å². The summed E-state index contributed by atoms with van der Waals surface area (Å²) in [5.41, 5.74) is -1.42. The highest BCUT2D eigenvalue weighted by molar-refractivity contribution is 7.80. The summed E-state index contributed by atoms with van der Waals surface area (Å²) >= 11 is 4.09. The van der Waals surface area contributed by atoms with Crippen molar-refractivity contribution in [2.24, 2.45) is 0 Å². The fraction of sp³-hybridized carbons (Fsp3) is 1.00. The molecule has 0 spiro atoms. The van der Waals surface area contributed by atoms with Crippen LogP contribution >= 0.6 is 11.6 Å². The zero-order chi connectivity index (χ0) is 10.2. The molecule has 0 heterocycles. The number of hydrogen-bond donors (Lipinski definition) is 2. The Kier molecular flexibility index (Phi) is 9.14. The van der Waals surface area contributed by atoms with Crippen molar-refractivity contribution >= 4 is 33.6 Å². The molecular formula is C2H5ClO7S2. The number of aliphatic hydroxyl groups is 1. The zero-order valence-electron chi connectivity index (χ0n) is 5.41. The second-order valence-electron chi connectivity index (χ2n) is 1.21. The topological polar surface area (TPSA) is 118 Å². The Morgan fingerprint density at radius 2 is 1.83 bits per heavy atom. The fourth-order valence-electron chi connectivity index (χ4n) is 0.142. The van der Waals surface area contributed by atoms with Crippen LogP contribution in [-0.2, 0) is 26.2 Å². The van der Waals surface area contributed by atoms with Gasteiger partial charge in [0.15, 0.2) is 5.56 Å². The van der Waals surface area contributed by atoms with Gasteiger partial charge in [0, 0.05) is 0 Å². The van der Waals surface area contributed by atoms with Gasteiger partial charge < -0.3 is 5.11 Å². The maximum absolute atomic E-state index is 9.70. The van der Waals surface area contributed by atoms with Gasteiger partial charge >= 0.3 is 22.0 Å². The number of rotatable bonds is 3. The lowest BCUT2D eigenvalue weighted by Gasteiger charge is -1.98. The average molecular weight is 241 g/mol. The molecule has 0 radical (unpaired) electrons. The fourth-order valence-corrected chi connectivity index (χ4v) is 0.581. The zero-order valence-corrected chi connectivity index (χ0v) is 7.80. The Hall–Kier alpha value is -0.0600. The molecule has 10 heteroatoms. The molecule has 0 rings (SSSR count). The Bertz CT molecular complexity index is 226. The second-order valence-corrected chi connectivity index (χ2v) is 2.95. The summed E-state index contributed by atoms with van der Waals surface area (Å²) in [6.07, 6.45) is 0. The van der Waals surface area contributed by atoms with Crippen molar-refractivity contribution in [2.75, 3.05) is 6.61 Å². The van der Waals surface area contributed by atoms with E-state index in [-0.39, 0.29) is 0 Å². The SMILES string of the molecule is O=S(=O)(O)OCC(O)Cl.O=S=O. The van der Waals surface area contributed by atoms with Crippen LogP contribution in [0, 0.1) is 0 Å². The summed E-state index contributed by atoms with van der Waals surface area (Å²) < 4.78 is 47.5. The smallest absolute Gasteiger partial charge is 0.375 e. The van der Waals surface area contributed by atoms with Crippen LogP contribution in [0.4, 0.5) is 0 Å². The molecule has 0 aliphatic rings. The lowest BCUT2D eigenvalue weighted by Crippen LogP contribution is -2.12. The molecule has 2 N–H and O–H groups in total. The van der Waals surface area contributed by atoms with Gasteiger partial charge in [-0.25, -0.2) is 4.18 Å². The molecule has 7 nitrogen and oxygen atoms in total. The Morgan fingerprint density at radius 3 is 1.92 bits per heavy atom. The van der Waals surface area contributed by atoms with E-state index in [1.807, 2.05) is 0 Å². The predicted molar refractivity (Wildman–Crippen MR) is 38.3 cm³/mol. The summed E-state index contributed by atoms with van der Waals surface area (Å²) in [7, 11) is -4.46. The van der Waals surface area contributed by atoms with Crippen molar-refractivity contribution in [1.29, 1.82) is 0 Å². The molecule has 0 saturated carbocycles. The van der Waals surface area contributed by atoms with Gasteiger partial charge in [0.25, 0.3) is 0 Å². The Labute approximate surface area is 76.8 Å². The monoisotopic (exact) mass is 240 g/mol. The third-order valence-electron chi connectivity index (χ3n) is 0.355. The molecular weight excluding hydrogens is 236 g/mol. The third-order valence-corrected chi connectivity index (χ3v) is 0.914. The predicted octanol–water partition coefficient (Wildman–Crippen LogP) is -1.31. The van der Waals surface area contributed by atoms with Crippen LogP contribution in [0.25, 0.3) is 0 Å². The van der Waals surface area contributed by atoms with Crippen molar-refractivity contribution < 1.29 is 30.7 Å². The van der Waals surface area contributed by atoms with Gasteiger partial charge in [0.2, 0.25) is 0 Å². The van der Waals surface area contributed by atoms with Gasteiger partial charge in [-0.3, -0.25) is 4.55 Å². The molecule has 1 atom stereocenters. The highest BCUT2D eigenvalue weighted by Gasteiger charge is 2.06. The van der Waals surface area contributed by atoms with Gasteiger partial charge in [-0.15, -0.1) is 0 Å². The molecule has 0 aliphatic heterocycles. The van der Waals surface area contributed by atoms with E-state index in [0.717, 1.165) is 0 Å². The minimum atomic E-state index is -4.46. The molecule has 1 unspecified atom stereocenters. The van der Waals surface area contributed by atoms with Crippen LogP contribution in [0.2, 0.25) is 0 Å². The van der Waals surface area contributed by atoms with Crippen LogP contribution in [-0.4, -0.2) is 38.7 Å². The standard InChI is InChI=1S/C2H5ClO5S.O2S/c3-2(4)1-8-9(5,6)7;1-3-2/h2,4H,1H2,(H,5,6,7);. The Balaban J connectivity index is 0. The van der Waals surface area contributed by atoms with Crippen LogP contribution in [0.15, 0.2) is 0 Å². The number of aliphatic hydroxyl groups excluding tert-OH is 1. The summed E-state index contributed by atoms with van der Waals surface area (Å²) in [4.78, 5) is 0. The van der Waals surface area contributed by atoms with Crippen LogP contribution < -0.4 is 0 Å². The molecule has 74 valence electrons. The molecule has 0 amide bonds. The molecule has 0 bridgehead atoms. The first kappa shape index (κ1) is 14.5. The van der Waals surface area contributed by atoms with Crippen molar-refractivity contribution in [1.82, 2.24) is 0 Å². The van der Waals surface area contributed by atoms with Gasteiger partial charge in [-0.2, -0.15) is 16.8 Å². The number of halogens is 1. The Morgan fingerprint density at radius 1 is 1.50 bits per heavy atom. The first-order valence-electron chi connectivity index (χ1n) is 2.19. The van der Waals surface area contributed by atoms with E-state index in [9.17, 15) is 8.42 Å². The van der Waals surface area contributed by atoms with E-state index in [1.165, 1.54) is 0 Å². The first-order valence-corrected chi connectivity index (χ1v) is 4.66. The normalized spacial score (nSPS) is 12.6. The van der Waals surface area contributed by atoms with E-state index < -0.39 is 34.1 Å². The molecule has 0 aromatic carbocycles. The molecule has 0 aliphatic carbocycles. The van der Waals surface area contributed by atoms with E-state index in [2.05, 4.69) is 4.18 Å². The number of hydrogen-bond acceptors (Lipinski definition) is 6. The lowest BCUT2D eigenvalue weighted by atomic mass is 10.8. The minimum absolute atomic E-state index is 0.652. The molecule has 12 heavy (non-hydrogen) atoms. The highest BCUT2D eigenvalue weighted by atomic mass is 35.5. The van der Waals surface area contributed by atoms with Crippen LogP contribution in [0.5, 0.6) is 0 Å². The van der Waals surface area contributed by atoms with Crippen molar-refractivity contribution in [3.05, 3.63) is 0 Å². The average Bonchev–Trinajstić information content (AvgIpc) is 1.84. The van der Waals surface area contributed by atoms with Gasteiger partial charge in [-0.05, 0) is 0 Å². The molecule has 0 saturated heterocycles. The van der Waals surface area contributed by atoms with Gasteiger partial charge in [0.1, 0.15) is 6.61 Å².